The average molecular weight is 230 g/mol. The summed E-state index contributed by atoms with van der Waals surface area (Å²) in [4.78, 5) is 13.2. The van der Waals surface area contributed by atoms with Crippen molar-refractivity contribution in [3.8, 4) is 0 Å². The highest BCUT2D eigenvalue weighted by Crippen LogP contribution is 2.25. The second-order valence-electron chi connectivity index (χ2n) is 4.16. The lowest BCUT2D eigenvalue weighted by molar-refractivity contribution is -0.140. The topological polar surface area (TPSA) is 61.8 Å². The number of ether oxygens (including phenoxy) is 1. The Morgan fingerprint density at radius 2 is 2.31 bits per heavy atom. The van der Waals surface area contributed by atoms with Crippen LogP contribution in [0.15, 0.2) is 0 Å². The highest BCUT2D eigenvalue weighted by molar-refractivity contribution is 5.73. The predicted molar refractivity (Wildman–Crippen MR) is 61.6 cm³/mol. The summed E-state index contributed by atoms with van der Waals surface area (Å²) in [6.07, 6.45) is 2.57. The Kier molecular flexibility index (Phi) is 5.73. The molecule has 1 aliphatic rings. The average Bonchev–Trinajstić information content (AvgIpc) is 3.06. The minimum Gasteiger partial charge on any atom is -0.480 e. The lowest BCUT2D eigenvalue weighted by atomic mass is 10.3. The van der Waals surface area contributed by atoms with Crippen LogP contribution in [0, 0.1) is 0 Å². The lowest BCUT2D eigenvalue weighted by Gasteiger charge is -2.21. The van der Waals surface area contributed by atoms with Crippen molar-refractivity contribution < 1.29 is 14.6 Å². The fourth-order valence-electron chi connectivity index (χ4n) is 1.81. The van der Waals surface area contributed by atoms with Crippen LogP contribution in [0.3, 0.4) is 0 Å². The van der Waals surface area contributed by atoms with E-state index in [2.05, 4.69) is 17.1 Å². The fraction of sp³-hybridized carbons (Fsp3) is 0.909. The first-order valence-corrected chi connectivity index (χ1v) is 5.88. The Balaban J connectivity index is 2.18. The number of nitrogens with zero attached hydrogens (tertiary/aromatic N) is 1. The highest BCUT2D eigenvalue weighted by Gasteiger charge is 2.27. The fourth-order valence-corrected chi connectivity index (χ4v) is 1.81. The van der Waals surface area contributed by atoms with E-state index in [-0.39, 0.29) is 6.61 Å². The van der Waals surface area contributed by atoms with Crippen molar-refractivity contribution in [3.05, 3.63) is 0 Å². The molecule has 5 heteroatoms. The minimum atomic E-state index is -0.851. The molecule has 0 saturated heterocycles. The molecular formula is C11H22N2O3. The molecule has 1 unspecified atom stereocenters. The zero-order valence-electron chi connectivity index (χ0n) is 10.1. The van der Waals surface area contributed by atoms with Gasteiger partial charge in [0.25, 0.3) is 0 Å². The first-order chi connectivity index (χ1) is 7.69. The SMILES string of the molecule is CCN(CCNC(COC)C(=O)O)C1CC1. The maximum Gasteiger partial charge on any atom is 0.323 e. The number of rotatable bonds is 9. The molecule has 94 valence electrons. The molecule has 1 rings (SSSR count). The molecule has 1 fully saturated rings. The van der Waals surface area contributed by atoms with Crippen LogP contribution >= 0.6 is 0 Å². The molecule has 1 aliphatic carbocycles. The van der Waals surface area contributed by atoms with Crippen molar-refractivity contribution in [2.75, 3.05) is 33.4 Å². The van der Waals surface area contributed by atoms with Gasteiger partial charge in [-0.25, -0.2) is 0 Å². The van der Waals surface area contributed by atoms with Crippen LogP contribution in [-0.4, -0.2) is 61.4 Å². The molecule has 0 aliphatic heterocycles. The molecule has 5 nitrogen and oxygen atoms in total. The Bertz CT molecular complexity index is 219. The van der Waals surface area contributed by atoms with Gasteiger partial charge in [0.2, 0.25) is 0 Å². The Labute approximate surface area is 96.8 Å². The van der Waals surface area contributed by atoms with Crippen LogP contribution in [0.5, 0.6) is 0 Å². The number of aliphatic carboxylic acids is 1. The third-order valence-electron chi connectivity index (χ3n) is 2.89. The Morgan fingerprint density at radius 3 is 2.75 bits per heavy atom. The van der Waals surface area contributed by atoms with Crippen LogP contribution in [0.4, 0.5) is 0 Å². The molecule has 0 aromatic carbocycles. The van der Waals surface area contributed by atoms with E-state index in [9.17, 15) is 4.79 Å². The maximum absolute atomic E-state index is 10.8. The van der Waals surface area contributed by atoms with E-state index in [1.165, 1.54) is 20.0 Å². The zero-order valence-corrected chi connectivity index (χ0v) is 10.1. The highest BCUT2D eigenvalue weighted by atomic mass is 16.5. The summed E-state index contributed by atoms with van der Waals surface area (Å²) in [6.45, 7) is 5.00. The molecule has 16 heavy (non-hydrogen) atoms. The largest absolute Gasteiger partial charge is 0.480 e. The van der Waals surface area contributed by atoms with Gasteiger partial charge in [0, 0.05) is 26.2 Å². The maximum atomic E-state index is 10.8. The third-order valence-corrected chi connectivity index (χ3v) is 2.89. The van der Waals surface area contributed by atoms with E-state index in [1.807, 2.05) is 0 Å². The van der Waals surface area contributed by atoms with Crippen molar-refractivity contribution in [1.82, 2.24) is 10.2 Å². The molecule has 1 atom stereocenters. The van der Waals surface area contributed by atoms with Gasteiger partial charge in [0.05, 0.1) is 6.61 Å². The lowest BCUT2D eigenvalue weighted by Crippen LogP contribution is -2.44. The van der Waals surface area contributed by atoms with Crippen LogP contribution in [-0.2, 0) is 9.53 Å². The van der Waals surface area contributed by atoms with E-state index < -0.39 is 12.0 Å². The standard InChI is InChI=1S/C11H22N2O3/c1-3-13(9-4-5-9)7-6-12-10(8-16-2)11(14)15/h9-10,12H,3-8H2,1-2H3,(H,14,15). The molecular weight excluding hydrogens is 208 g/mol. The molecule has 0 aromatic heterocycles. The number of hydrogen-bond donors (Lipinski definition) is 2. The monoisotopic (exact) mass is 230 g/mol. The molecule has 0 heterocycles. The van der Waals surface area contributed by atoms with Gasteiger partial charge >= 0.3 is 5.97 Å². The van der Waals surface area contributed by atoms with Crippen molar-refractivity contribution in [2.24, 2.45) is 0 Å². The second-order valence-corrected chi connectivity index (χ2v) is 4.16. The van der Waals surface area contributed by atoms with Crippen LogP contribution < -0.4 is 5.32 Å². The molecule has 0 aromatic rings. The zero-order chi connectivity index (χ0) is 12.0. The third kappa shape index (κ3) is 4.47. The van der Waals surface area contributed by atoms with Crippen LogP contribution in [0.25, 0.3) is 0 Å². The molecule has 1 saturated carbocycles. The van der Waals surface area contributed by atoms with Gasteiger partial charge in [-0.1, -0.05) is 6.92 Å². The summed E-state index contributed by atoms with van der Waals surface area (Å²) in [5, 5.41) is 11.9. The van der Waals surface area contributed by atoms with Gasteiger partial charge in [0.1, 0.15) is 6.04 Å². The summed E-state index contributed by atoms with van der Waals surface area (Å²) in [5.41, 5.74) is 0. The number of hydrogen-bond acceptors (Lipinski definition) is 4. The summed E-state index contributed by atoms with van der Waals surface area (Å²) >= 11 is 0. The molecule has 0 radical (unpaired) electrons. The smallest absolute Gasteiger partial charge is 0.323 e. The van der Waals surface area contributed by atoms with E-state index >= 15 is 0 Å². The van der Waals surface area contributed by atoms with E-state index in [1.54, 1.807) is 0 Å². The van der Waals surface area contributed by atoms with E-state index in [4.69, 9.17) is 9.84 Å². The van der Waals surface area contributed by atoms with Gasteiger partial charge in [-0.05, 0) is 19.4 Å². The van der Waals surface area contributed by atoms with Gasteiger partial charge in [-0.3, -0.25) is 9.69 Å². The molecule has 2 N–H and O–H groups in total. The summed E-state index contributed by atoms with van der Waals surface area (Å²) in [6, 6.07) is 0.139. The van der Waals surface area contributed by atoms with Crippen molar-refractivity contribution in [3.63, 3.8) is 0 Å². The van der Waals surface area contributed by atoms with Gasteiger partial charge in [0.15, 0.2) is 0 Å². The van der Waals surface area contributed by atoms with Crippen LogP contribution in [0.2, 0.25) is 0 Å². The number of likely N-dealkylation sites (N-methyl/N-ethyl adjacent to an activating group) is 1. The number of carboxylic acid groups (broad SMARTS) is 1. The van der Waals surface area contributed by atoms with Crippen molar-refractivity contribution in [2.45, 2.75) is 31.8 Å². The van der Waals surface area contributed by atoms with Crippen LogP contribution in [0.1, 0.15) is 19.8 Å². The number of nitrogens with one attached hydrogen (secondary N) is 1. The second kappa shape index (κ2) is 6.83. The summed E-state index contributed by atoms with van der Waals surface area (Å²) < 4.78 is 4.85. The number of methoxy groups -OCH3 is 1. The van der Waals surface area contributed by atoms with E-state index in [0.717, 1.165) is 19.1 Å². The van der Waals surface area contributed by atoms with Gasteiger partial charge < -0.3 is 15.2 Å². The molecule has 0 spiro atoms. The number of carboxylic acids is 1. The van der Waals surface area contributed by atoms with Gasteiger partial charge in [-0.2, -0.15) is 0 Å². The predicted octanol–water partition coefficient (Wildman–Crippen LogP) is 0.160. The Morgan fingerprint density at radius 1 is 1.62 bits per heavy atom. The van der Waals surface area contributed by atoms with E-state index in [0.29, 0.717) is 6.54 Å². The summed E-state index contributed by atoms with van der Waals surface area (Å²) in [5.74, 6) is -0.851. The molecule has 0 bridgehead atoms. The summed E-state index contributed by atoms with van der Waals surface area (Å²) in [7, 11) is 1.51. The van der Waals surface area contributed by atoms with Crippen molar-refractivity contribution in [1.29, 1.82) is 0 Å². The minimum absolute atomic E-state index is 0.213. The first kappa shape index (κ1) is 13.4. The Hall–Kier alpha value is -0.650. The van der Waals surface area contributed by atoms with Gasteiger partial charge in [-0.15, -0.1) is 0 Å². The quantitative estimate of drug-likeness (QED) is 0.591. The first-order valence-electron chi connectivity index (χ1n) is 5.88. The number of carbonyl (C=O) groups is 1. The molecule has 0 amide bonds. The normalized spacial score (nSPS) is 17.7. The van der Waals surface area contributed by atoms with Crippen molar-refractivity contribution >= 4 is 5.97 Å².